The van der Waals surface area contributed by atoms with Gasteiger partial charge >= 0.3 is 12.0 Å². The first kappa shape index (κ1) is 13.4. The van der Waals surface area contributed by atoms with Gasteiger partial charge in [-0.05, 0) is 6.92 Å². The third-order valence-electron chi connectivity index (χ3n) is 2.15. The third kappa shape index (κ3) is 4.03. The van der Waals surface area contributed by atoms with E-state index in [2.05, 4.69) is 10.3 Å². The molecule has 0 aliphatic carbocycles. The fourth-order valence-electron chi connectivity index (χ4n) is 1.17. The molecule has 0 bridgehead atoms. The number of aliphatic carboxylic acids is 1. The number of hydrogen-bond acceptors (Lipinski definition) is 4. The van der Waals surface area contributed by atoms with Crippen LogP contribution in [0.1, 0.15) is 12.6 Å². The highest BCUT2D eigenvalue weighted by Gasteiger charge is 2.17. The normalized spacial score (nSPS) is 11.9. The maximum Gasteiger partial charge on any atom is 0.323 e. The van der Waals surface area contributed by atoms with Crippen molar-refractivity contribution in [3.63, 3.8) is 0 Å². The SMILES string of the molecule is Cc1csc(NC(=O)N(C)CC(C)C(=O)O)n1. The Morgan fingerprint density at radius 1 is 1.65 bits per heavy atom. The first-order valence-corrected chi connectivity index (χ1v) is 5.95. The second kappa shape index (κ2) is 5.62. The van der Waals surface area contributed by atoms with E-state index in [0.29, 0.717) is 5.13 Å². The molecule has 1 rings (SSSR count). The lowest BCUT2D eigenvalue weighted by Crippen LogP contribution is -2.36. The van der Waals surface area contributed by atoms with Crippen LogP contribution in [0.5, 0.6) is 0 Å². The maximum absolute atomic E-state index is 11.7. The zero-order chi connectivity index (χ0) is 13.0. The van der Waals surface area contributed by atoms with Crippen LogP contribution in [0.3, 0.4) is 0 Å². The topological polar surface area (TPSA) is 82.5 Å². The zero-order valence-electron chi connectivity index (χ0n) is 9.93. The summed E-state index contributed by atoms with van der Waals surface area (Å²) in [5.41, 5.74) is 0.840. The van der Waals surface area contributed by atoms with Crippen molar-refractivity contribution in [3.8, 4) is 0 Å². The number of aromatic nitrogens is 1. The number of anilines is 1. The molecule has 0 aliphatic heterocycles. The lowest BCUT2D eigenvalue weighted by molar-refractivity contribution is -0.141. The minimum Gasteiger partial charge on any atom is -0.481 e. The second-order valence-corrected chi connectivity index (χ2v) is 4.70. The Balaban J connectivity index is 2.50. The van der Waals surface area contributed by atoms with Crippen molar-refractivity contribution < 1.29 is 14.7 Å². The molecule has 0 spiro atoms. The molecule has 2 amide bonds. The van der Waals surface area contributed by atoms with E-state index in [-0.39, 0.29) is 12.6 Å². The molecule has 0 aromatic carbocycles. The largest absolute Gasteiger partial charge is 0.481 e. The molecular weight excluding hydrogens is 242 g/mol. The third-order valence-corrected chi connectivity index (χ3v) is 3.02. The van der Waals surface area contributed by atoms with Gasteiger partial charge in [0.2, 0.25) is 0 Å². The Kier molecular flexibility index (Phi) is 4.45. The molecule has 1 unspecified atom stereocenters. The van der Waals surface area contributed by atoms with Gasteiger partial charge in [0.15, 0.2) is 5.13 Å². The lowest BCUT2D eigenvalue weighted by Gasteiger charge is -2.19. The summed E-state index contributed by atoms with van der Waals surface area (Å²) < 4.78 is 0. The average molecular weight is 257 g/mol. The molecule has 17 heavy (non-hydrogen) atoms. The van der Waals surface area contributed by atoms with Crippen LogP contribution in [0.2, 0.25) is 0 Å². The first-order chi connectivity index (χ1) is 7.90. The molecular formula is C10H15N3O3S. The predicted octanol–water partition coefficient (Wildman–Crippen LogP) is 1.64. The van der Waals surface area contributed by atoms with Gasteiger partial charge in [-0.15, -0.1) is 11.3 Å². The summed E-state index contributed by atoms with van der Waals surface area (Å²) in [6.07, 6.45) is 0. The highest BCUT2D eigenvalue weighted by Crippen LogP contribution is 2.14. The fourth-order valence-corrected chi connectivity index (χ4v) is 1.85. The van der Waals surface area contributed by atoms with Crippen molar-refractivity contribution in [3.05, 3.63) is 11.1 Å². The Hall–Kier alpha value is -1.63. The quantitative estimate of drug-likeness (QED) is 0.859. The number of carboxylic acids is 1. The van der Waals surface area contributed by atoms with Crippen LogP contribution in [0.15, 0.2) is 5.38 Å². The Morgan fingerprint density at radius 3 is 2.76 bits per heavy atom. The molecule has 0 saturated heterocycles. The molecule has 1 aromatic heterocycles. The van der Waals surface area contributed by atoms with Crippen molar-refractivity contribution in [2.45, 2.75) is 13.8 Å². The number of aryl methyl sites for hydroxylation is 1. The van der Waals surface area contributed by atoms with E-state index < -0.39 is 11.9 Å². The van der Waals surface area contributed by atoms with E-state index in [0.717, 1.165) is 5.69 Å². The summed E-state index contributed by atoms with van der Waals surface area (Å²) in [5.74, 6) is -1.52. The summed E-state index contributed by atoms with van der Waals surface area (Å²) >= 11 is 1.33. The molecule has 94 valence electrons. The molecule has 1 aromatic rings. The number of carboxylic acid groups (broad SMARTS) is 1. The van der Waals surface area contributed by atoms with Crippen LogP contribution in [0.4, 0.5) is 9.93 Å². The van der Waals surface area contributed by atoms with Crippen molar-refractivity contribution >= 4 is 28.5 Å². The minimum absolute atomic E-state index is 0.158. The summed E-state index contributed by atoms with van der Waals surface area (Å²) in [7, 11) is 1.55. The number of hydrogen-bond donors (Lipinski definition) is 2. The second-order valence-electron chi connectivity index (χ2n) is 3.84. The van der Waals surface area contributed by atoms with Crippen molar-refractivity contribution in [1.29, 1.82) is 0 Å². The van der Waals surface area contributed by atoms with Crippen LogP contribution < -0.4 is 5.32 Å². The maximum atomic E-state index is 11.7. The summed E-state index contributed by atoms with van der Waals surface area (Å²) in [4.78, 5) is 27.7. The van der Waals surface area contributed by atoms with E-state index in [1.807, 2.05) is 12.3 Å². The summed E-state index contributed by atoms with van der Waals surface area (Å²) in [5, 5.41) is 13.7. The van der Waals surface area contributed by atoms with Gasteiger partial charge in [0.05, 0.1) is 11.6 Å². The molecule has 0 fully saturated rings. The van der Waals surface area contributed by atoms with Gasteiger partial charge in [-0.2, -0.15) is 0 Å². The van der Waals surface area contributed by atoms with Crippen molar-refractivity contribution in [1.82, 2.24) is 9.88 Å². The van der Waals surface area contributed by atoms with E-state index in [1.54, 1.807) is 14.0 Å². The minimum atomic E-state index is -0.922. The smallest absolute Gasteiger partial charge is 0.323 e. The number of nitrogens with zero attached hydrogens (tertiary/aromatic N) is 2. The van der Waals surface area contributed by atoms with Crippen LogP contribution in [0.25, 0.3) is 0 Å². The van der Waals surface area contributed by atoms with E-state index >= 15 is 0 Å². The van der Waals surface area contributed by atoms with Crippen LogP contribution in [0, 0.1) is 12.8 Å². The van der Waals surface area contributed by atoms with Gasteiger partial charge in [-0.3, -0.25) is 10.1 Å². The van der Waals surface area contributed by atoms with E-state index in [4.69, 9.17) is 5.11 Å². The van der Waals surface area contributed by atoms with Crippen LogP contribution in [-0.2, 0) is 4.79 Å². The van der Waals surface area contributed by atoms with Crippen LogP contribution >= 0.6 is 11.3 Å². The monoisotopic (exact) mass is 257 g/mol. The van der Waals surface area contributed by atoms with Gasteiger partial charge in [-0.1, -0.05) is 6.92 Å². The highest BCUT2D eigenvalue weighted by molar-refractivity contribution is 7.13. The van der Waals surface area contributed by atoms with Crippen molar-refractivity contribution in [2.75, 3.05) is 18.9 Å². The number of amides is 2. The van der Waals surface area contributed by atoms with Crippen molar-refractivity contribution in [2.24, 2.45) is 5.92 Å². The van der Waals surface area contributed by atoms with E-state index in [1.165, 1.54) is 16.2 Å². The molecule has 2 N–H and O–H groups in total. The number of urea groups is 1. The zero-order valence-corrected chi connectivity index (χ0v) is 10.7. The summed E-state index contributed by atoms with van der Waals surface area (Å²) in [6.45, 7) is 3.55. The van der Waals surface area contributed by atoms with Gasteiger partial charge in [0.1, 0.15) is 0 Å². The number of carbonyl (C=O) groups is 2. The number of carbonyl (C=O) groups excluding carboxylic acids is 1. The number of nitrogens with one attached hydrogen (secondary N) is 1. The van der Waals surface area contributed by atoms with Gasteiger partial charge in [-0.25, -0.2) is 9.78 Å². The van der Waals surface area contributed by atoms with E-state index in [9.17, 15) is 9.59 Å². The van der Waals surface area contributed by atoms with Gasteiger partial charge in [0, 0.05) is 19.0 Å². The predicted molar refractivity (Wildman–Crippen MR) is 65.3 cm³/mol. The van der Waals surface area contributed by atoms with Gasteiger partial charge < -0.3 is 10.0 Å². The number of rotatable bonds is 4. The molecule has 6 nitrogen and oxygen atoms in total. The Bertz CT molecular complexity index is 419. The average Bonchev–Trinajstić information content (AvgIpc) is 2.63. The van der Waals surface area contributed by atoms with Gasteiger partial charge in [0.25, 0.3) is 0 Å². The molecule has 1 atom stereocenters. The molecule has 0 saturated carbocycles. The number of thiazole rings is 1. The summed E-state index contributed by atoms with van der Waals surface area (Å²) in [6, 6.07) is -0.354. The lowest BCUT2D eigenvalue weighted by atomic mass is 10.2. The van der Waals surface area contributed by atoms with Crippen LogP contribution in [-0.4, -0.2) is 40.6 Å². The molecule has 7 heteroatoms. The highest BCUT2D eigenvalue weighted by atomic mass is 32.1. The molecule has 0 aliphatic rings. The Morgan fingerprint density at radius 2 is 2.29 bits per heavy atom. The molecule has 0 radical (unpaired) electrons. The molecule has 1 heterocycles. The first-order valence-electron chi connectivity index (χ1n) is 5.07. The Labute approximate surface area is 103 Å². The fraction of sp³-hybridized carbons (Fsp3) is 0.500. The standard InChI is InChI=1S/C10H15N3O3S/c1-6(8(14)15)4-13(3)10(16)12-9-11-7(2)5-17-9/h5-6H,4H2,1-3H3,(H,14,15)(H,11,12,16).